The van der Waals surface area contributed by atoms with Gasteiger partial charge in [-0.25, -0.2) is 0 Å². The first kappa shape index (κ1) is 21.8. The number of thioether (sulfide) groups is 1. The Bertz CT molecular complexity index is 694. The van der Waals surface area contributed by atoms with Crippen molar-refractivity contribution < 1.29 is 14.4 Å². The van der Waals surface area contributed by atoms with Crippen LogP contribution in [0.2, 0.25) is 0 Å². The second-order valence-electron chi connectivity index (χ2n) is 11.4. The van der Waals surface area contributed by atoms with E-state index in [1.807, 2.05) is 6.26 Å². The minimum Gasteiger partial charge on any atom is -0.351 e. The molecule has 6 fully saturated rings. The van der Waals surface area contributed by atoms with E-state index in [-0.39, 0.29) is 41.0 Å². The second kappa shape index (κ2) is 8.39. The summed E-state index contributed by atoms with van der Waals surface area (Å²) >= 11 is 1.67. The number of amides is 3. The number of likely N-dealkylation sites (tertiary alicyclic amines) is 1. The summed E-state index contributed by atoms with van der Waals surface area (Å²) in [4.78, 5) is 41.3. The molecule has 5 aliphatic carbocycles. The normalized spacial score (nSPS) is 40.7. The summed E-state index contributed by atoms with van der Waals surface area (Å²) in [7, 11) is 0. The molecule has 1 aliphatic heterocycles. The van der Waals surface area contributed by atoms with E-state index in [2.05, 4.69) is 12.2 Å². The Labute approximate surface area is 190 Å². The highest BCUT2D eigenvalue weighted by Crippen LogP contribution is 2.61. The quantitative estimate of drug-likeness (QED) is 0.600. The van der Waals surface area contributed by atoms with Gasteiger partial charge in [-0.2, -0.15) is 11.8 Å². The van der Waals surface area contributed by atoms with Crippen molar-refractivity contribution in [1.82, 2.24) is 10.2 Å². The highest BCUT2D eigenvalue weighted by molar-refractivity contribution is 7.98. The predicted molar refractivity (Wildman–Crippen MR) is 122 cm³/mol. The topological polar surface area (TPSA) is 66.5 Å². The van der Waals surface area contributed by atoms with Crippen molar-refractivity contribution in [1.29, 1.82) is 0 Å². The number of imide groups is 1. The van der Waals surface area contributed by atoms with E-state index in [9.17, 15) is 14.4 Å². The third-order valence-electron chi connectivity index (χ3n) is 9.45. The Morgan fingerprint density at radius 2 is 1.55 bits per heavy atom. The zero-order valence-corrected chi connectivity index (χ0v) is 19.9. The first-order valence-electron chi connectivity index (χ1n) is 12.6. The summed E-state index contributed by atoms with van der Waals surface area (Å²) in [6.45, 7) is 2.18. The highest BCUT2D eigenvalue weighted by atomic mass is 32.2. The van der Waals surface area contributed by atoms with Crippen LogP contribution in [0.15, 0.2) is 0 Å². The van der Waals surface area contributed by atoms with Crippen LogP contribution in [0.3, 0.4) is 0 Å². The number of carbonyl (C=O) groups is 3. The number of nitrogens with one attached hydrogen (secondary N) is 1. The highest BCUT2D eigenvalue weighted by Gasteiger charge is 2.55. The maximum atomic E-state index is 13.6. The van der Waals surface area contributed by atoms with E-state index in [4.69, 9.17) is 0 Å². The lowest BCUT2D eigenvalue weighted by molar-refractivity contribution is -0.149. The van der Waals surface area contributed by atoms with E-state index < -0.39 is 6.04 Å². The lowest BCUT2D eigenvalue weighted by atomic mass is 9.48. The fraction of sp³-hybridized carbons (Fsp3) is 0.880. The second-order valence-corrected chi connectivity index (χ2v) is 12.3. The fourth-order valence-electron chi connectivity index (χ4n) is 8.27. The van der Waals surface area contributed by atoms with Crippen LogP contribution in [0.5, 0.6) is 0 Å². The molecule has 5 nitrogen and oxygen atoms in total. The molecule has 6 rings (SSSR count). The molecule has 3 amide bonds. The summed E-state index contributed by atoms with van der Waals surface area (Å²) in [5.74, 6) is 2.64. The molecule has 5 saturated carbocycles. The number of nitrogens with zero attached hydrogens (tertiary/aromatic N) is 1. The third-order valence-corrected chi connectivity index (χ3v) is 10.1. The van der Waals surface area contributed by atoms with Gasteiger partial charge in [0.25, 0.3) is 0 Å². The van der Waals surface area contributed by atoms with Gasteiger partial charge in [0.2, 0.25) is 17.7 Å². The van der Waals surface area contributed by atoms with E-state index in [0.29, 0.717) is 6.42 Å². The van der Waals surface area contributed by atoms with Crippen molar-refractivity contribution >= 4 is 29.5 Å². The smallest absolute Gasteiger partial charge is 0.243 e. The zero-order valence-electron chi connectivity index (χ0n) is 19.1. The Balaban J connectivity index is 1.32. The molecule has 0 aromatic carbocycles. The Morgan fingerprint density at radius 1 is 1.03 bits per heavy atom. The monoisotopic (exact) mass is 446 g/mol. The molecule has 0 aromatic heterocycles. The van der Waals surface area contributed by atoms with Crippen LogP contribution in [-0.4, -0.2) is 46.7 Å². The van der Waals surface area contributed by atoms with Crippen molar-refractivity contribution in [2.75, 3.05) is 12.0 Å². The number of rotatable bonds is 7. The van der Waals surface area contributed by atoms with E-state index in [0.717, 1.165) is 49.2 Å². The number of fused-ring (bicyclic) bond motifs is 1. The summed E-state index contributed by atoms with van der Waals surface area (Å²) in [5.41, 5.74) is 0.224. The average Bonchev–Trinajstić information content (AvgIpc) is 2.98. The molecule has 31 heavy (non-hydrogen) atoms. The van der Waals surface area contributed by atoms with Crippen molar-refractivity contribution in [2.45, 2.75) is 89.6 Å². The van der Waals surface area contributed by atoms with Gasteiger partial charge in [-0.05, 0) is 99.9 Å². The molecule has 4 bridgehead atoms. The lowest BCUT2D eigenvalue weighted by Crippen LogP contribution is -2.59. The van der Waals surface area contributed by atoms with Crippen LogP contribution < -0.4 is 5.32 Å². The van der Waals surface area contributed by atoms with E-state index >= 15 is 0 Å². The first-order chi connectivity index (χ1) is 14.9. The Kier molecular flexibility index (Phi) is 5.89. The minimum atomic E-state index is -0.644. The fourth-order valence-corrected chi connectivity index (χ4v) is 8.73. The van der Waals surface area contributed by atoms with Crippen LogP contribution in [0, 0.1) is 35.0 Å². The Hall–Kier alpha value is -1.04. The van der Waals surface area contributed by atoms with Gasteiger partial charge in [0.05, 0.1) is 11.8 Å². The van der Waals surface area contributed by atoms with Crippen LogP contribution >= 0.6 is 11.8 Å². The summed E-state index contributed by atoms with van der Waals surface area (Å²) in [5, 5.41) is 3.35. The molecule has 0 radical (unpaired) electrons. The van der Waals surface area contributed by atoms with Crippen molar-refractivity contribution in [2.24, 2.45) is 35.0 Å². The predicted octanol–water partition coefficient (Wildman–Crippen LogP) is 4.00. The van der Waals surface area contributed by atoms with Gasteiger partial charge >= 0.3 is 0 Å². The van der Waals surface area contributed by atoms with Crippen LogP contribution in [0.4, 0.5) is 0 Å². The summed E-state index contributed by atoms with van der Waals surface area (Å²) in [6, 6.07) is -0.533. The molecule has 6 heteroatoms. The SMILES string of the molecule is CSCC[C@H](C(=O)N[C@H](C)C12CC3CC(CC(C3)C1)C2)N1C(=O)[C@H]2CCCC[C@H]2C1=O. The molecule has 1 saturated heterocycles. The van der Waals surface area contributed by atoms with Crippen LogP contribution in [0.1, 0.15) is 77.6 Å². The van der Waals surface area contributed by atoms with Crippen LogP contribution in [0.25, 0.3) is 0 Å². The molecule has 1 N–H and O–H groups in total. The average molecular weight is 447 g/mol. The van der Waals surface area contributed by atoms with Gasteiger partial charge in [-0.1, -0.05) is 12.8 Å². The van der Waals surface area contributed by atoms with Gasteiger partial charge in [-0.15, -0.1) is 0 Å². The van der Waals surface area contributed by atoms with Gasteiger partial charge in [0.15, 0.2) is 0 Å². The number of carbonyl (C=O) groups excluding carboxylic acids is 3. The number of hydrogen-bond donors (Lipinski definition) is 1. The number of hydrogen-bond acceptors (Lipinski definition) is 4. The summed E-state index contributed by atoms with van der Waals surface area (Å²) in [6.07, 6.45) is 14.1. The lowest BCUT2D eigenvalue weighted by Gasteiger charge is -2.59. The van der Waals surface area contributed by atoms with Gasteiger partial charge in [0, 0.05) is 6.04 Å². The van der Waals surface area contributed by atoms with Crippen molar-refractivity contribution in [3.05, 3.63) is 0 Å². The summed E-state index contributed by atoms with van der Waals surface area (Å²) < 4.78 is 0. The molecule has 172 valence electrons. The van der Waals surface area contributed by atoms with E-state index in [1.165, 1.54) is 43.4 Å². The standard InChI is InChI=1S/C25H38N2O3S/c1-15(25-12-16-9-17(13-25)11-18(10-16)14-25)26-22(28)21(7-8-31-2)27-23(29)19-5-3-4-6-20(19)24(27)30/h15-21H,3-14H2,1-2H3,(H,26,28)/t15-,16?,17?,18?,19-,20+,21-,25?/m1/s1. The minimum absolute atomic E-state index is 0.0848. The third kappa shape index (κ3) is 3.75. The molecule has 4 atom stereocenters. The van der Waals surface area contributed by atoms with Crippen molar-refractivity contribution in [3.8, 4) is 0 Å². The molecule has 1 heterocycles. The van der Waals surface area contributed by atoms with Gasteiger partial charge < -0.3 is 5.32 Å². The van der Waals surface area contributed by atoms with Crippen LogP contribution in [-0.2, 0) is 14.4 Å². The largest absolute Gasteiger partial charge is 0.351 e. The van der Waals surface area contributed by atoms with Gasteiger partial charge in [-0.3, -0.25) is 19.3 Å². The molecule has 0 spiro atoms. The molecular formula is C25H38N2O3S. The van der Waals surface area contributed by atoms with E-state index in [1.54, 1.807) is 11.8 Å². The maximum Gasteiger partial charge on any atom is 0.243 e. The van der Waals surface area contributed by atoms with Gasteiger partial charge in [0.1, 0.15) is 6.04 Å². The Morgan fingerprint density at radius 3 is 2.03 bits per heavy atom. The first-order valence-corrected chi connectivity index (χ1v) is 14.0. The molecular weight excluding hydrogens is 408 g/mol. The molecule has 0 aromatic rings. The zero-order chi connectivity index (χ0) is 21.8. The maximum absolute atomic E-state index is 13.6. The van der Waals surface area contributed by atoms with Crippen molar-refractivity contribution in [3.63, 3.8) is 0 Å². The molecule has 6 aliphatic rings. The molecule has 0 unspecified atom stereocenters.